The highest BCUT2D eigenvalue weighted by Crippen LogP contribution is 2.25. The summed E-state index contributed by atoms with van der Waals surface area (Å²) in [4.78, 5) is 0. The number of hydrogen-bond donors (Lipinski definition) is 2. The van der Waals surface area contributed by atoms with Crippen LogP contribution < -0.4 is 0 Å². The van der Waals surface area contributed by atoms with Crippen LogP contribution in [-0.4, -0.2) is 49.9 Å². The van der Waals surface area contributed by atoms with Crippen molar-refractivity contribution >= 4 is 0 Å². The molecule has 0 spiro atoms. The van der Waals surface area contributed by atoms with Crippen LogP contribution in [0.15, 0.2) is 0 Å². The van der Waals surface area contributed by atoms with Crippen molar-refractivity contribution in [1.29, 1.82) is 0 Å². The average molecular weight is 208 g/mol. The summed E-state index contributed by atoms with van der Waals surface area (Å²) in [5.74, 6) is 0. The number of fused-ring (bicyclic) bond motifs is 1. The first-order chi connectivity index (χ1) is 6.97. The van der Waals surface area contributed by atoms with Gasteiger partial charge in [0.1, 0.15) is 0 Å². The van der Waals surface area contributed by atoms with E-state index in [4.69, 9.17) is 19.7 Å². The van der Waals surface area contributed by atoms with Crippen LogP contribution in [0.5, 0.6) is 0 Å². The Morgan fingerprint density at radius 2 is 1.07 bits per heavy atom. The highest BCUT2D eigenvalue weighted by Gasteiger charge is 2.33. The van der Waals surface area contributed by atoms with Gasteiger partial charge in [-0.2, -0.15) is 0 Å². The normalized spacial score (nSPS) is 27.0. The first-order valence-corrected chi connectivity index (χ1v) is 5.09. The molecule has 0 bridgehead atoms. The van der Waals surface area contributed by atoms with Gasteiger partial charge in [0.25, 0.3) is 0 Å². The van der Waals surface area contributed by atoms with Gasteiger partial charge in [-0.05, 0) is 12.8 Å². The van der Waals surface area contributed by atoms with Crippen molar-refractivity contribution in [2.24, 2.45) is 0 Å². The quantitative estimate of drug-likeness (QED) is 0.618. The second kappa shape index (κ2) is 12.8. The lowest BCUT2D eigenvalue weighted by atomic mass is 10.2. The molecule has 88 valence electrons. The maximum absolute atomic E-state index is 7.00. The Morgan fingerprint density at radius 1 is 0.786 bits per heavy atom. The molecule has 14 heavy (non-hydrogen) atoms. The Labute approximate surface area is 86.8 Å². The van der Waals surface area contributed by atoms with E-state index in [9.17, 15) is 0 Å². The summed E-state index contributed by atoms with van der Waals surface area (Å²) in [7, 11) is 2.00. The fraction of sp³-hybridized carbons (Fsp3) is 1.00. The SMILES string of the molecule is C1C[C@H]2OCC[C@H]2O1.CC.CO.CO. The molecule has 2 N–H and O–H groups in total. The van der Waals surface area contributed by atoms with E-state index in [-0.39, 0.29) is 0 Å². The van der Waals surface area contributed by atoms with Gasteiger partial charge in [-0.1, -0.05) is 13.8 Å². The summed E-state index contributed by atoms with van der Waals surface area (Å²) in [6.07, 6.45) is 3.14. The van der Waals surface area contributed by atoms with Crippen LogP contribution in [0.3, 0.4) is 0 Å². The van der Waals surface area contributed by atoms with Crippen LogP contribution in [0.2, 0.25) is 0 Å². The monoisotopic (exact) mass is 208 g/mol. The average Bonchev–Trinajstić information content (AvgIpc) is 2.89. The molecule has 2 aliphatic rings. The van der Waals surface area contributed by atoms with Gasteiger partial charge in [0, 0.05) is 27.4 Å². The Hall–Kier alpha value is -0.160. The van der Waals surface area contributed by atoms with Crippen molar-refractivity contribution in [2.75, 3.05) is 27.4 Å². The van der Waals surface area contributed by atoms with Crippen LogP contribution in [0.25, 0.3) is 0 Å². The molecule has 0 aromatic carbocycles. The molecule has 0 unspecified atom stereocenters. The predicted molar refractivity (Wildman–Crippen MR) is 56.3 cm³/mol. The Kier molecular flexibility index (Phi) is 14.9. The Balaban J connectivity index is 0. The van der Waals surface area contributed by atoms with Crippen molar-refractivity contribution in [1.82, 2.24) is 0 Å². The summed E-state index contributed by atoms with van der Waals surface area (Å²) < 4.78 is 10.7. The van der Waals surface area contributed by atoms with Crippen LogP contribution in [-0.2, 0) is 9.47 Å². The summed E-state index contributed by atoms with van der Waals surface area (Å²) in [6, 6.07) is 0. The molecule has 0 aromatic rings. The van der Waals surface area contributed by atoms with Gasteiger partial charge in [0.05, 0.1) is 12.2 Å². The first-order valence-electron chi connectivity index (χ1n) is 5.09. The summed E-state index contributed by atoms with van der Waals surface area (Å²) in [6.45, 7) is 5.82. The molecule has 2 saturated heterocycles. The number of rotatable bonds is 0. The van der Waals surface area contributed by atoms with Gasteiger partial charge in [-0.3, -0.25) is 0 Å². The maximum Gasteiger partial charge on any atom is 0.0859 e. The molecule has 0 saturated carbocycles. The highest BCUT2D eigenvalue weighted by atomic mass is 16.6. The minimum Gasteiger partial charge on any atom is -0.400 e. The minimum absolute atomic E-state index is 0.454. The van der Waals surface area contributed by atoms with Crippen molar-refractivity contribution in [3.05, 3.63) is 0 Å². The van der Waals surface area contributed by atoms with Gasteiger partial charge in [0.15, 0.2) is 0 Å². The minimum atomic E-state index is 0.454. The molecule has 2 aliphatic heterocycles. The topological polar surface area (TPSA) is 58.9 Å². The second-order valence-electron chi connectivity index (χ2n) is 2.40. The van der Waals surface area contributed by atoms with Crippen molar-refractivity contribution < 1.29 is 19.7 Å². The Morgan fingerprint density at radius 3 is 1.36 bits per heavy atom. The van der Waals surface area contributed by atoms with Crippen LogP contribution in [0.4, 0.5) is 0 Å². The molecule has 0 radical (unpaired) electrons. The van der Waals surface area contributed by atoms with Crippen LogP contribution >= 0.6 is 0 Å². The number of hydrogen-bond acceptors (Lipinski definition) is 4. The molecule has 4 heteroatoms. The molecule has 0 amide bonds. The van der Waals surface area contributed by atoms with Gasteiger partial charge in [-0.25, -0.2) is 0 Å². The van der Waals surface area contributed by atoms with Gasteiger partial charge < -0.3 is 19.7 Å². The van der Waals surface area contributed by atoms with Crippen LogP contribution in [0, 0.1) is 0 Å². The van der Waals surface area contributed by atoms with E-state index in [1.54, 1.807) is 0 Å². The van der Waals surface area contributed by atoms with Gasteiger partial charge in [0.2, 0.25) is 0 Å². The van der Waals surface area contributed by atoms with E-state index in [1.807, 2.05) is 13.8 Å². The summed E-state index contributed by atoms with van der Waals surface area (Å²) in [5, 5.41) is 14.0. The fourth-order valence-electron chi connectivity index (χ4n) is 1.42. The molecular weight excluding hydrogens is 184 g/mol. The number of aliphatic hydroxyl groups excluding tert-OH is 2. The number of aliphatic hydroxyl groups is 2. The third-order valence-corrected chi connectivity index (χ3v) is 1.88. The highest BCUT2D eigenvalue weighted by molar-refractivity contribution is 4.81. The third kappa shape index (κ3) is 5.54. The number of ether oxygens (including phenoxy) is 2. The van der Waals surface area contributed by atoms with Crippen molar-refractivity contribution in [3.63, 3.8) is 0 Å². The van der Waals surface area contributed by atoms with E-state index in [1.165, 1.54) is 0 Å². The standard InChI is InChI=1S/C6H10O2.C2H6.2CH4O/c1-3-7-6-2-4-8-5(1)6;3*1-2/h5-6H,1-4H2;1-2H3;2*2H,1H3/t5-,6-;;;/m1.../s1. The molecule has 0 aliphatic carbocycles. The van der Waals surface area contributed by atoms with E-state index in [2.05, 4.69) is 0 Å². The van der Waals surface area contributed by atoms with E-state index >= 15 is 0 Å². The van der Waals surface area contributed by atoms with Gasteiger partial charge in [-0.15, -0.1) is 0 Å². The van der Waals surface area contributed by atoms with E-state index in [0.717, 1.165) is 40.3 Å². The summed E-state index contributed by atoms with van der Waals surface area (Å²) in [5.41, 5.74) is 0. The smallest absolute Gasteiger partial charge is 0.0859 e. The lowest BCUT2D eigenvalue weighted by Crippen LogP contribution is -2.13. The maximum atomic E-state index is 7.00. The lowest BCUT2D eigenvalue weighted by Gasteiger charge is -2.03. The van der Waals surface area contributed by atoms with E-state index < -0.39 is 0 Å². The molecule has 2 fully saturated rings. The molecule has 0 aromatic heterocycles. The molecular formula is C10H24O4. The zero-order valence-electron chi connectivity index (χ0n) is 9.69. The molecule has 2 heterocycles. The zero-order chi connectivity index (χ0) is 11.4. The predicted octanol–water partition coefficient (Wildman–Crippen LogP) is 0.807. The second-order valence-corrected chi connectivity index (χ2v) is 2.40. The van der Waals surface area contributed by atoms with Gasteiger partial charge >= 0.3 is 0 Å². The largest absolute Gasteiger partial charge is 0.400 e. The first kappa shape index (κ1) is 16.3. The molecule has 4 nitrogen and oxygen atoms in total. The molecule has 2 atom stereocenters. The van der Waals surface area contributed by atoms with Crippen molar-refractivity contribution in [3.8, 4) is 0 Å². The lowest BCUT2D eigenvalue weighted by molar-refractivity contribution is 0.0732. The Bertz CT molecular complexity index is 78.1. The molecule has 2 rings (SSSR count). The fourth-order valence-corrected chi connectivity index (χ4v) is 1.42. The zero-order valence-corrected chi connectivity index (χ0v) is 9.69. The van der Waals surface area contributed by atoms with E-state index in [0.29, 0.717) is 12.2 Å². The van der Waals surface area contributed by atoms with Crippen LogP contribution in [0.1, 0.15) is 26.7 Å². The van der Waals surface area contributed by atoms with Crippen molar-refractivity contribution in [2.45, 2.75) is 38.9 Å². The third-order valence-electron chi connectivity index (χ3n) is 1.88. The summed E-state index contributed by atoms with van der Waals surface area (Å²) >= 11 is 0.